The van der Waals surface area contributed by atoms with Crippen LogP contribution in [0.3, 0.4) is 0 Å². The van der Waals surface area contributed by atoms with Gasteiger partial charge in [-0.2, -0.15) is 15.0 Å². The minimum atomic E-state index is -1.50. The molecule has 0 radical (unpaired) electrons. The van der Waals surface area contributed by atoms with E-state index in [2.05, 4.69) is 103 Å². The third-order valence-electron chi connectivity index (χ3n) is 6.21. The Hall–Kier alpha value is -3.50. The predicted octanol–water partition coefficient (Wildman–Crippen LogP) is 7.92. The van der Waals surface area contributed by atoms with Gasteiger partial charge >= 0.3 is 5.84 Å². The van der Waals surface area contributed by atoms with Crippen molar-refractivity contribution in [3.8, 4) is 0 Å². The van der Waals surface area contributed by atoms with Gasteiger partial charge in [0.05, 0.1) is 16.6 Å². The Labute approximate surface area is 188 Å². The summed E-state index contributed by atoms with van der Waals surface area (Å²) in [5.41, 5.74) is 3.95. The van der Waals surface area contributed by atoms with Crippen LogP contribution in [-0.2, 0) is 0 Å². The lowest BCUT2D eigenvalue weighted by Crippen LogP contribution is -2.14. The monoisotopic (exact) mass is 436 g/mol. The molecule has 0 saturated carbocycles. The van der Waals surface area contributed by atoms with Crippen molar-refractivity contribution in [2.45, 2.75) is 33.8 Å². The van der Waals surface area contributed by atoms with Crippen molar-refractivity contribution >= 4 is 38.0 Å². The molecule has 2 heterocycles. The summed E-state index contributed by atoms with van der Waals surface area (Å²) in [5.74, 6) is 0.642. The summed E-state index contributed by atoms with van der Waals surface area (Å²) in [6, 6.07) is 36.8. The van der Waals surface area contributed by atoms with Gasteiger partial charge in [-0.1, -0.05) is 62.4 Å². The normalized spacial score (nSPS) is 12.8. The van der Waals surface area contributed by atoms with E-state index in [1.54, 1.807) is 0 Å². The zero-order chi connectivity index (χ0) is 21.7. The van der Waals surface area contributed by atoms with E-state index in [0.29, 0.717) is 11.1 Å². The SMILES string of the molecule is CC(C)S(c1ccccc1)(c1ccccc1)c1ccc2nc3oc4ccccc4n3c2c1. The largest absolute Gasteiger partial charge is 0.423 e. The van der Waals surface area contributed by atoms with Gasteiger partial charge in [-0.3, -0.25) is 4.40 Å². The summed E-state index contributed by atoms with van der Waals surface area (Å²) in [7, 11) is -1.50. The van der Waals surface area contributed by atoms with Crippen LogP contribution < -0.4 is 0 Å². The van der Waals surface area contributed by atoms with Gasteiger partial charge in [0, 0.05) is 4.90 Å². The number of benzene rings is 4. The molecule has 3 nitrogen and oxygen atoms in total. The summed E-state index contributed by atoms with van der Waals surface area (Å²) in [4.78, 5) is 8.86. The van der Waals surface area contributed by atoms with Crippen molar-refractivity contribution in [3.05, 3.63) is 103 Å². The van der Waals surface area contributed by atoms with Crippen LogP contribution in [0.1, 0.15) is 13.8 Å². The van der Waals surface area contributed by atoms with Crippen molar-refractivity contribution in [1.29, 1.82) is 0 Å². The summed E-state index contributed by atoms with van der Waals surface area (Å²) in [5, 5.41) is 0.411. The lowest BCUT2D eigenvalue weighted by molar-refractivity contribution is 0.643. The van der Waals surface area contributed by atoms with Crippen LogP contribution in [0.2, 0.25) is 0 Å². The number of hydrogen-bond acceptors (Lipinski definition) is 2. The molecule has 0 aliphatic rings. The fourth-order valence-corrected chi connectivity index (χ4v) is 9.06. The van der Waals surface area contributed by atoms with Crippen LogP contribution in [-0.4, -0.2) is 14.6 Å². The minimum absolute atomic E-state index is 0.411. The average molecular weight is 437 g/mol. The lowest BCUT2D eigenvalue weighted by Gasteiger charge is -2.45. The second-order valence-corrected chi connectivity index (χ2v) is 12.0. The molecule has 0 N–H and O–H groups in total. The molecule has 0 unspecified atom stereocenters. The van der Waals surface area contributed by atoms with Gasteiger partial charge < -0.3 is 4.42 Å². The average Bonchev–Trinajstić information content (AvgIpc) is 3.36. The second-order valence-electron chi connectivity index (χ2n) is 8.28. The summed E-state index contributed by atoms with van der Waals surface area (Å²) >= 11 is 0. The predicted molar refractivity (Wildman–Crippen MR) is 133 cm³/mol. The van der Waals surface area contributed by atoms with Gasteiger partial charge in [0.15, 0.2) is 5.58 Å². The van der Waals surface area contributed by atoms with E-state index in [1.165, 1.54) is 14.7 Å². The van der Waals surface area contributed by atoms with Crippen LogP contribution >= 0.6 is 10.0 Å². The number of para-hydroxylation sites is 2. The molecule has 4 aromatic carbocycles. The van der Waals surface area contributed by atoms with Crippen LogP contribution in [0.5, 0.6) is 0 Å². The number of aromatic nitrogens is 2. The maximum atomic E-state index is 6.04. The van der Waals surface area contributed by atoms with Gasteiger partial charge in [-0.05, 0) is 69.6 Å². The highest BCUT2D eigenvalue weighted by molar-refractivity contribution is 8.34. The van der Waals surface area contributed by atoms with Crippen LogP contribution in [0.25, 0.3) is 28.0 Å². The Kier molecular flexibility index (Phi) is 4.37. The third-order valence-corrected chi connectivity index (χ3v) is 10.7. The molecule has 0 aliphatic heterocycles. The summed E-state index contributed by atoms with van der Waals surface area (Å²) in [6.07, 6.45) is 0. The number of hydrogen-bond donors (Lipinski definition) is 0. The zero-order valence-electron chi connectivity index (χ0n) is 18.1. The van der Waals surface area contributed by atoms with E-state index < -0.39 is 10.0 Å². The van der Waals surface area contributed by atoms with Gasteiger partial charge in [-0.25, -0.2) is 0 Å². The first-order valence-corrected chi connectivity index (χ1v) is 12.6. The molecule has 0 aliphatic carbocycles. The van der Waals surface area contributed by atoms with Crippen molar-refractivity contribution in [2.24, 2.45) is 0 Å². The van der Waals surface area contributed by atoms with Crippen molar-refractivity contribution in [3.63, 3.8) is 0 Å². The molecule has 0 atom stereocenters. The Bertz CT molecular complexity index is 1510. The molecule has 0 amide bonds. The van der Waals surface area contributed by atoms with E-state index in [0.717, 1.165) is 22.1 Å². The molecule has 6 rings (SSSR count). The molecule has 0 fully saturated rings. The Morgan fingerprint density at radius 1 is 0.688 bits per heavy atom. The fraction of sp³-hybridized carbons (Fsp3) is 0.107. The lowest BCUT2D eigenvalue weighted by atomic mass is 10.3. The molecular formula is C28H24N2OS. The van der Waals surface area contributed by atoms with E-state index in [4.69, 9.17) is 9.40 Å². The first-order chi connectivity index (χ1) is 15.7. The maximum absolute atomic E-state index is 6.04. The Balaban J connectivity index is 1.72. The molecule has 6 aromatic rings. The molecule has 0 bridgehead atoms. The van der Waals surface area contributed by atoms with E-state index in [-0.39, 0.29) is 0 Å². The smallest absolute Gasteiger partial charge is 0.307 e. The zero-order valence-corrected chi connectivity index (χ0v) is 18.9. The third kappa shape index (κ3) is 2.66. The molecule has 0 spiro atoms. The quantitative estimate of drug-likeness (QED) is 0.281. The highest BCUT2D eigenvalue weighted by Crippen LogP contribution is 2.71. The van der Waals surface area contributed by atoms with Gasteiger partial charge in [-0.15, -0.1) is 0 Å². The maximum Gasteiger partial charge on any atom is 0.307 e. The summed E-state index contributed by atoms with van der Waals surface area (Å²) < 4.78 is 8.19. The van der Waals surface area contributed by atoms with Gasteiger partial charge in [0.2, 0.25) is 0 Å². The highest BCUT2D eigenvalue weighted by Gasteiger charge is 2.34. The van der Waals surface area contributed by atoms with Crippen molar-refractivity contribution in [1.82, 2.24) is 9.38 Å². The van der Waals surface area contributed by atoms with Crippen molar-refractivity contribution in [2.75, 3.05) is 0 Å². The highest BCUT2D eigenvalue weighted by atomic mass is 32.3. The number of nitrogens with zero attached hydrogens (tertiary/aromatic N) is 2. The minimum Gasteiger partial charge on any atom is -0.423 e. The van der Waals surface area contributed by atoms with Crippen molar-refractivity contribution < 1.29 is 4.42 Å². The second kappa shape index (κ2) is 7.28. The molecule has 2 aromatic heterocycles. The van der Waals surface area contributed by atoms with Gasteiger partial charge in [0.1, 0.15) is 0 Å². The molecule has 0 saturated heterocycles. The van der Waals surface area contributed by atoms with Crippen LogP contribution in [0.4, 0.5) is 0 Å². The van der Waals surface area contributed by atoms with Gasteiger partial charge in [0.25, 0.3) is 0 Å². The Morgan fingerprint density at radius 2 is 1.31 bits per heavy atom. The first-order valence-electron chi connectivity index (χ1n) is 10.9. The summed E-state index contributed by atoms with van der Waals surface area (Å²) in [6.45, 7) is 4.69. The van der Waals surface area contributed by atoms with Crippen LogP contribution in [0.15, 0.2) is 122 Å². The number of oxazole rings is 1. The van der Waals surface area contributed by atoms with Crippen LogP contribution in [0, 0.1) is 0 Å². The molecule has 158 valence electrons. The standard InChI is InChI=1S/C28H24N2OS/c1-20(2)32(21-11-5-3-6-12-21,22-13-7-4-8-14-22)23-17-18-24-26(19-23)30-25-15-9-10-16-27(25)31-28(30)29-24/h3-20H,1-2H3. The molecule has 4 heteroatoms. The molecular weight excluding hydrogens is 412 g/mol. The first kappa shape index (κ1) is 19.2. The van der Waals surface area contributed by atoms with E-state index in [9.17, 15) is 0 Å². The van der Waals surface area contributed by atoms with E-state index in [1.807, 2.05) is 18.2 Å². The number of rotatable bonds is 4. The molecule has 32 heavy (non-hydrogen) atoms. The number of imidazole rings is 1. The van der Waals surface area contributed by atoms with E-state index >= 15 is 0 Å². The fourth-order valence-electron chi connectivity index (χ4n) is 4.86. The topological polar surface area (TPSA) is 30.4 Å². The number of fused-ring (bicyclic) bond motifs is 5. The Morgan fingerprint density at radius 3 is 1.97 bits per heavy atom.